The zero-order chi connectivity index (χ0) is 14.7. The average molecular weight is 344 g/mol. The largest absolute Gasteiger partial charge is 0.371 e. The number of ketones is 1. The van der Waals surface area contributed by atoms with Crippen LogP contribution in [0.1, 0.15) is 28.8 Å². The highest BCUT2D eigenvalue weighted by Crippen LogP contribution is 2.27. The molecular weight excluding hydrogens is 326 g/mol. The number of para-hydroxylation sites is 1. The van der Waals surface area contributed by atoms with Gasteiger partial charge in [0.25, 0.3) is 0 Å². The van der Waals surface area contributed by atoms with Crippen LogP contribution in [0.4, 0.5) is 5.69 Å². The molecular formula is C18H18BrNO. The molecule has 0 saturated carbocycles. The van der Waals surface area contributed by atoms with Crippen molar-refractivity contribution >= 4 is 27.4 Å². The van der Waals surface area contributed by atoms with Crippen LogP contribution < -0.4 is 4.90 Å². The van der Waals surface area contributed by atoms with Crippen LogP contribution in [0.5, 0.6) is 0 Å². The smallest absolute Gasteiger partial charge is 0.162 e. The Balaban J connectivity index is 1.53. The first kappa shape index (κ1) is 14.3. The number of fused-ring (bicyclic) bond motifs is 1. The van der Waals surface area contributed by atoms with Crippen LogP contribution >= 0.6 is 15.9 Å². The Bertz CT molecular complexity index is 636. The second kappa shape index (κ2) is 6.44. The van der Waals surface area contributed by atoms with Crippen LogP contribution in [0.3, 0.4) is 0 Å². The number of carbonyl (C=O) groups excluding carboxylic acids is 1. The van der Waals surface area contributed by atoms with E-state index in [9.17, 15) is 4.79 Å². The van der Waals surface area contributed by atoms with Gasteiger partial charge in [0.2, 0.25) is 0 Å². The molecule has 2 aromatic rings. The van der Waals surface area contributed by atoms with Gasteiger partial charge in [0.05, 0.1) is 0 Å². The second-order valence-electron chi connectivity index (χ2n) is 5.40. The highest BCUT2D eigenvalue weighted by atomic mass is 79.9. The fourth-order valence-corrected chi connectivity index (χ4v) is 3.11. The summed E-state index contributed by atoms with van der Waals surface area (Å²) >= 11 is 3.39. The molecule has 3 rings (SSSR count). The Morgan fingerprint density at radius 1 is 1.10 bits per heavy atom. The van der Waals surface area contributed by atoms with E-state index < -0.39 is 0 Å². The van der Waals surface area contributed by atoms with Crippen LogP contribution in [-0.2, 0) is 6.42 Å². The van der Waals surface area contributed by atoms with Crippen LogP contribution in [0.25, 0.3) is 0 Å². The zero-order valence-electron chi connectivity index (χ0n) is 11.9. The fourth-order valence-electron chi connectivity index (χ4n) is 2.85. The summed E-state index contributed by atoms with van der Waals surface area (Å²) in [7, 11) is 0. The van der Waals surface area contributed by atoms with Crippen molar-refractivity contribution in [2.45, 2.75) is 19.3 Å². The van der Waals surface area contributed by atoms with Gasteiger partial charge in [-0.05, 0) is 36.6 Å². The molecule has 1 aliphatic rings. The van der Waals surface area contributed by atoms with E-state index in [0.29, 0.717) is 6.42 Å². The molecule has 0 amide bonds. The lowest BCUT2D eigenvalue weighted by atomic mass is 10.1. The van der Waals surface area contributed by atoms with Crippen LogP contribution in [0.15, 0.2) is 53.0 Å². The second-order valence-corrected chi connectivity index (χ2v) is 6.32. The van der Waals surface area contributed by atoms with Crippen molar-refractivity contribution in [3.05, 3.63) is 64.1 Å². The Morgan fingerprint density at radius 3 is 2.67 bits per heavy atom. The number of carbonyl (C=O) groups is 1. The van der Waals surface area contributed by atoms with Gasteiger partial charge < -0.3 is 4.90 Å². The minimum atomic E-state index is 0.231. The normalized spacial score (nSPS) is 13.3. The van der Waals surface area contributed by atoms with E-state index in [1.165, 1.54) is 11.3 Å². The highest BCUT2D eigenvalue weighted by molar-refractivity contribution is 9.10. The molecule has 0 spiro atoms. The first-order valence-corrected chi connectivity index (χ1v) is 8.15. The molecule has 0 aromatic heterocycles. The van der Waals surface area contributed by atoms with Crippen molar-refractivity contribution in [1.82, 2.24) is 0 Å². The first-order chi connectivity index (χ1) is 10.2. The maximum atomic E-state index is 12.1. The molecule has 2 nitrogen and oxygen atoms in total. The first-order valence-electron chi connectivity index (χ1n) is 7.35. The number of benzene rings is 2. The summed E-state index contributed by atoms with van der Waals surface area (Å²) in [5.41, 5.74) is 3.57. The van der Waals surface area contributed by atoms with Gasteiger partial charge in [-0.15, -0.1) is 0 Å². The third-order valence-corrected chi connectivity index (χ3v) is 4.51. The quantitative estimate of drug-likeness (QED) is 0.746. The molecule has 2 aromatic carbocycles. The lowest BCUT2D eigenvalue weighted by Gasteiger charge is -2.18. The van der Waals surface area contributed by atoms with E-state index in [4.69, 9.17) is 0 Å². The number of hydrogen-bond acceptors (Lipinski definition) is 2. The molecule has 0 saturated heterocycles. The highest BCUT2D eigenvalue weighted by Gasteiger charge is 2.17. The summed E-state index contributed by atoms with van der Waals surface area (Å²) in [6.07, 6.45) is 2.64. The van der Waals surface area contributed by atoms with Gasteiger partial charge in [0, 0.05) is 35.2 Å². The van der Waals surface area contributed by atoms with Gasteiger partial charge in [-0.25, -0.2) is 0 Å². The third kappa shape index (κ3) is 3.35. The van der Waals surface area contributed by atoms with E-state index in [1.54, 1.807) is 0 Å². The molecule has 3 heteroatoms. The molecule has 0 unspecified atom stereocenters. The van der Waals surface area contributed by atoms with E-state index in [0.717, 1.165) is 36.0 Å². The predicted molar refractivity (Wildman–Crippen MR) is 90.1 cm³/mol. The summed E-state index contributed by atoms with van der Waals surface area (Å²) < 4.78 is 1.01. The molecule has 108 valence electrons. The standard InChI is InChI=1S/C18H18BrNO/c19-16-9-7-15(8-10-16)18(21)6-3-12-20-13-11-14-4-1-2-5-17(14)20/h1-2,4-5,7-10H,3,6,11-13H2. The van der Waals surface area contributed by atoms with Gasteiger partial charge in [0.1, 0.15) is 0 Å². The maximum absolute atomic E-state index is 12.1. The van der Waals surface area contributed by atoms with Gasteiger partial charge in [0.15, 0.2) is 5.78 Å². The number of anilines is 1. The van der Waals surface area contributed by atoms with Crippen molar-refractivity contribution in [3.8, 4) is 0 Å². The van der Waals surface area contributed by atoms with E-state index in [2.05, 4.69) is 45.1 Å². The number of rotatable bonds is 5. The zero-order valence-corrected chi connectivity index (χ0v) is 13.5. The maximum Gasteiger partial charge on any atom is 0.162 e. The molecule has 0 atom stereocenters. The monoisotopic (exact) mass is 343 g/mol. The topological polar surface area (TPSA) is 20.3 Å². The van der Waals surface area contributed by atoms with Crippen molar-refractivity contribution in [2.75, 3.05) is 18.0 Å². The van der Waals surface area contributed by atoms with Gasteiger partial charge in [-0.2, -0.15) is 0 Å². The Hall–Kier alpha value is -1.61. The third-order valence-electron chi connectivity index (χ3n) is 3.98. The van der Waals surface area contributed by atoms with Gasteiger partial charge >= 0.3 is 0 Å². The number of halogens is 1. The van der Waals surface area contributed by atoms with Gasteiger partial charge in [-0.3, -0.25) is 4.79 Å². The van der Waals surface area contributed by atoms with Crippen molar-refractivity contribution < 1.29 is 4.79 Å². The van der Waals surface area contributed by atoms with Crippen LogP contribution in [-0.4, -0.2) is 18.9 Å². The lowest BCUT2D eigenvalue weighted by Crippen LogP contribution is -2.22. The molecule has 0 aliphatic carbocycles. The van der Waals surface area contributed by atoms with Crippen molar-refractivity contribution in [1.29, 1.82) is 0 Å². The Kier molecular flexibility index (Phi) is 4.39. The fraction of sp³-hybridized carbons (Fsp3) is 0.278. The average Bonchev–Trinajstić information content (AvgIpc) is 2.91. The Morgan fingerprint density at radius 2 is 1.86 bits per heavy atom. The van der Waals surface area contributed by atoms with Gasteiger partial charge in [-0.1, -0.05) is 46.3 Å². The van der Waals surface area contributed by atoms with E-state index in [1.807, 2.05) is 24.3 Å². The summed E-state index contributed by atoms with van der Waals surface area (Å²) in [5.74, 6) is 0.231. The SMILES string of the molecule is O=C(CCCN1CCc2ccccc21)c1ccc(Br)cc1. The minimum absolute atomic E-state index is 0.231. The number of nitrogens with zero attached hydrogens (tertiary/aromatic N) is 1. The van der Waals surface area contributed by atoms with Crippen molar-refractivity contribution in [2.24, 2.45) is 0 Å². The molecule has 1 aliphatic heterocycles. The van der Waals surface area contributed by atoms with E-state index in [-0.39, 0.29) is 5.78 Å². The predicted octanol–water partition coefficient (Wildman–Crippen LogP) is 4.47. The van der Waals surface area contributed by atoms with E-state index >= 15 is 0 Å². The minimum Gasteiger partial charge on any atom is -0.371 e. The summed E-state index contributed by atoms with van der Waals surface area (Å²) in [4.78, 5) is 14.5. The van der Waals surface area contributed by atoms with Crippen molar-refractivity contribution in [3.63, 3.8) is 0 Å². The lowest BCUT2D eigenvalue weighted by molar-refractivity contribution is 0.0980. The molecule has 0 N–H and O–H groups in total. The number of Topliss-reactive ketones (excluding diaryl/α,β-unsaturated/α-hetero) is 1. The summed E-state index contributed by atoms with van der Waals surface area (Å²) in [6.45, 7) is 2.03. The number of hydrogen-bond donors (Lipinski definition) is 0. The molecule has 0 radical (unpaired) electrons. The summed E-state index contributed by atoms with van der Waals surface area (Å²) in [5, 5.41) is 0. The molecule has 0 fully saturated rings. The summed E-state index contributed by atoms with van der Waals surface area (Å²) in [6, 6.07) is 16.2. The molecule has 0 bridgehead atoms. The molecule has 21 heavy (non-hydrogen) atoms. The van der Waals surface area contributed by atoms with Crippen LogP contribution in [0.2, 0.25) is 0 Å². The van der Waals surface area contributed by atoms with Crippen LogP contribution in [0, 0.1) is 0 Å². The molecule has 1 heterocycles. The Labute approximate surface area is 133 Å².